The second-order valence-corrected chi connectivity index (χ2v) is 3.46. The standard InChI is InChI=1S/C9H8INO2/c10-11-7-5-13-8-4-2-1-3-6(8)9(7)12/h1-4,7,11H,5H2. The molecule has 0 radical (unpaired) electrons. The molecule has 1 aliphatic heterocycles. The third-order valence-corrected chi connectivity index (χ3v) is 2.76. The van der Waals surface area contributed by atoms with E-state index in [1.165, 1.54) is 0 Å². The Labute approximate surface area is 90.0 Å². The smallest absolute Gasteiger partial charge is 0.187 e. The Hall–Kier alpha value is -0.620. The van der Waals surface area contributed by atoms with E-state index in [0.717, 1.165) is 0 Å². The quantitative estimate of drug-likeness (QED) is 0.630. The molecule has 2 rings (SSSR count). The Morgan fingerprint density at radius 3 is 3.00 bits per heavy atom. The largest absolute Gasteiger partial charge is 0.491 e. The summed E-state index contributed by atoms with van der Waals surface area (Å²) in [6.07, 6.45) is 0. The fourth-order valence-electron chi connectivity index (χ4n) is 1.31. The first-order valence-corrected chi connectivity index (χ1v) is 5.03. The van der Waals surface area contributed by atoms with Crippen LogP contribution in [0.5, 0.6) is 5.75 Å². The van der Waals surface area contributed by atoms with Crippen molar-refractivity contribution in [2.75, 3.05) is 6.61 Å². The molecule has 1 heterocycles. The normalized spacial score (nSPS) is 20.7. The molecule has 0 spiro atoms. The van der Waals surface area contributed by atoms with E-state index in [-0.39, 0.29) is 11.8 Å². The minimum Gasteiger partial charge on any atom is -0.491 e. The molecule has 0 saturated heterocycles. The van der Waals surface area contributed by atoms with Gasteiger partial charge in [0.15, 0.2) is 5.78 Å². The number of ketones is 1. The van der Waals surface area contributed by atoms with E-state index in [9.17, 15) is 4.79 Å². The lowest BCUT2D eigenvalue weighted by Gasteiger charge is -2.22. The first-order chi connectivity index (χ1) is 6.33. The van der Waals surface area contributed by atoms with Crippen molar-refractivity contribution < 1.29 is 9.53 Å². The van der Waals surface area contributed by atoms with E-state index in [1.54, 1.807) is 6.07 Å². The summed E-state index contributed by atoms with van der Waals surface area (Å²) in [6.45, 7) is 0.415. The van der Waals surface area contributed by atoms with E-state index in [0.29, 0.717) is 17.9 Å². The Morgan fingerprint density at radius 1 is 1.46 bits per heavy atom. The molecule has 1 aromatic carbocycles. The van der Waals surface area contributed by atoms with E-state index in [4.69, 9.17) is 4.74 Å². The van der Waals surface area contributed by atoms with E-state index in [1.807, 2.05) is 41.1 Å². The number of Topliss-reactive ketones (excluding diaryl/α,β-unsaturated/α-hetero) is 1. The van der Waals surface area contributed by atoms with Gasteiger partial charge in [0.25, 0.3) is 0 Å². The summed E-state index contributed by atoms with van der Waals surface area (Å²) >= 11 is 1.97. The van der Waals surface area contributed by atoms with Crippen molar-refractivity contribution >= 4 is 28.6 Å². The first kappa shape index (κ1) is 8.96. The minimum absolute atomic E-state index is 0.108. The third-order valence-electron chi connectivity index (χ3n) is 2.01. The number of rotatable bonds is 1. The SMILES string of the molecule is O=C1c2ccccc2OCC1NI. The van der Waals surface area contributed by atoms with Gasteiger partial charge in [-0.25, -0.2) is 3.53 Å². The summed E-state index contributed by atoms with van der Waals surface area (Å²) in [5.74, 6) is 0.798. The highest BCUT2D eigenvalue weighted by molar-refractivity contribution is 14.1. The zero-order valence-corrected chi connectivity index (χ0v) is 8.95. The van der Waals surface area contributed by atoms with Gasteiger partial charge in [-0.05, 0) is 12.1 Å². The number of para-hydroxylation sites is 1. The molecule has 0 amide bonds. The maximum atomic E-state index is 11.7. The second kappa shape index (κ2) is 3.63. The number of carbonyl (C=O) groups excluding carboxylic acids is 1. The van der Waals surface area contributed by atoms with Crippen molar-refractivity contribution in [3.05, 3.63) is 29.8 Å². The molecule has 1 aliphatic rings. The fourth-order valence-corrected chi connectivity index (χ4v) is 1.78. The Kier molecular flexibility index (Phi) is 2.50. The van der Waals surface area contributed by atoms with Gasteiger partial charge in [-0.3, -0.25) is 4.79 Å². The molecule has 1 atom stereocenters. The highest BCUT2D eigenvalue weighted by Gasteiger charge is 2.27. The zero-order valence-electron chi connectivity index (χ0n) is 6.79. The lowest BCUT2D eigenvalue weighted by molar-refractivity contribution is 0.0893. The Morgan fingerprint density at radius 2 is 2.23 bits per heavy atom. The summed E-state index contributed by atoms with van der Waals surface area (Å²) in [5, 5.41) is 0. The van der Waals surface area contributed by atoms with Crippen LogP contribution in [-0.2, 0) is 0 Å². The second-order valence-electron chi connectivity index (χ2n) is 2.83. The Balaban J connectivity index is 2.39. The van der Waals surface area contributed by atoms with Gasteiger partial charge < -0.3 is 4.74 Å². The van der Waals surface area contributed by atoms with Crippen LogP contribution in [-0.4, -0.2) is 18.4 Å². The molecule has 0 fully saturated rings. The predicted molar refractivity (Wildman–Crippen MR) is 57.2 cm³/mol. The van der Waals surface area contributed by atoms with Gasteiger partial charge >= 0.3 is 0 Å². The summed E-state index contributed by atoms with van der Waals surface area (Å²) in [7, 11) is 0. The molecule has 4 heteroatoms. The number of ether oxygens (including phenoxy) is 1. The fraction of sp³-hybridized carbons (Fsp3) is 0.222. The topological polar surface area (TPSA) is 38.3 Å². The number of carbonyl (C=O) groups is 1. The molecule has 3 nitrogen and oxygen atoms in total. The van der Waals surface area contributed by atoms with Gasteiger partial charge in [-0.1, -0.05) is 12.1 Å². The first-order valence-electron chi connectivity index (χ1n) is 3.95. The van der Waals surface area contributed by atoms with Gasteiger partial charge in [0.2, 0.25) is 0 Å². The average molecular weight is 289 g/mol. The van der Waals surface area contributed by atoms with Crippen LogP contribution in [0.25, 0.3) is 0 Å². The number of benzene rings is 1. The van der Waals surface area contributed by atoms with Crippen molar-refractivity contribution in [1.82, 2.24) is 3.53 Å². The third kappa shape index (κ3) is 1.55. The lowest BCUT2D eigenvalue weighted by Crippen LogP contribution is -2.39. The number of fused-ring (bicyclic) bond motifs is 1. The number of halogens is 1. The number of hydrogen-bond donors (Lipinski definition) is 1. The Bertz CT molecular complexity index is 340. The van der Waals surface area contributed by atoms with Crippen molar-refractivity contribution in [1.29, 1.82) is 0 Å². The number of hydrogen-bond acceptors (Lipinski definition) is 3. The van der Waals surface area contributed by atoms with Crippen molar-refractivity contribution in [2.24, 2.45) is 0 Å². The number of nitrogens with one attached hydrogen (secondary N) is 1. The monoisotopic (exact) mass is 289 g/mol. The molecule has 1 aromatic rings. The van der Waals surface area contributed by atoms with E-state index in [2.05, 4.69) is 3.53 Å². The van der Waals surface area contributed by atoms with Crippen LogP contribution in [0.4, 0.5) is 0 Å². The van der Waals surface area contributed by atoms with Crippen LogP contribution in [0.15, 0.2) is 24.3 Å². The molecule has 0 saturated carbocycles. The van der Waals surface area contributed by atoms with Gasteiger partial charge in [0.1, 0.15) is 18.4 Å². The van der Waals surface area contributed by atoms with Gasteiger partial charge in [-0.2, -0.15) is 0 Å². The lowest BCUT2D eigenvalue weighted by atomic mass is 10.0. The highest BCUT2D eigenvalue weighted by Crippen LogP contribution is 2.24. The molecular formula is C9H8INO2. The van der Waals surface area contributed by atoms with Gasteiger partial charge in [-0.15, -0.1) is 0 Å². The molecule has 0 aromatic heterocycles. The molecule has 0 bridgehead atoms. The summed E-state index contributed by atoms with van der Waals surface area (Å²) in [5.41, 5.74) is 0.669. The average Bonchev–Trinajstić information content (AvgIpc) is 2.19. The zero-order chi connectivity index (χ0) is 9.26. The summed E-state index contributed by atoms with van der Waals surface area (Å²) < 4.78 is 8.30. The summed E-state index contributed by atoms with van der Waals surface area (Å²) in [6, 6.07) is 7.10. The molecule has 0 aliphatic carbocycles. The van der Waals surface area contributed by atoms with Crippen molar-refractivity contribution in [3.8, 4) is 5.75 Å². The maximum Gasteiger partial charge on any atom is 0.187 e. The minimum atomic E-state index is -0.213. The van der Waals surface area contributed by atoms with E-state index >= 15 is 0 Å². The van der Waals surface area contributed by atoms with Gasteiger partial charge in [0, 0.05) is 22.9 Å². The van der Waals surface area contributed by atoms with Crippen LogP contribution in [0.2, 0.25) is 0 Å². The highest BCUT2D eigenvalue weighted by atomic mass is 127. The molecule has 68 valence electrons. The van der Waals surface area contributed by atoms with Crippen molar-refractivity contribution in [3.63, 3.8) is 0 Å². The van der Waals surface area contributed by atoms with Gasteiger partial charge in [0.05, 0.1) is 5.56 Å². The van der Waals surface area contributed by atoms with Crippen molar-refractivity contribution in [2.45, 2.75) is 6.04 Å². The molecule has 1 N–H and O–H groups in total. The van der Waals surface area contributed by atoms with Crippen LogP contribution >= 0.6 is 22.9 Å². The van der Waals surface area contributed by atoms with Crippen LogP contribution in [0.3, 0.4) is 0 Å². The van der Waals surface area contributed by atoms with Crippen LogP contribution in [0.1, 0.15) is 10.4 Å². The molecule has 13 heavy (non-hydrogen) atoms. The molecule has 1 unspecified atom stereocenters. The maximum absolute atomic E-state index is 11.7. The predicted octanol–water partition coefficient (Wildman–Crippen LogP) is 1.57. The van der Waals surface area contributed by atoms with Crippen LogP contribution in [0, 0.1) is 0 Å². The molecular weight excluding hydrogens is 281 g/mol. The summed E-state index contributed by atoms with van der Waals surface area (Å²) in [4.78, 5) is 11.7. The van der Waals surface area contributed by atoms with E-state index < -0.39 is 0 Å². The van der Waals surface area contributed by atoms with Crippen LogP contribution < -0.4 is 8.27 Å².